The highest BCUT2D eigenvalue weighted by Crippen LogP contribution is 2.36. The average Bonchev–Trinajstić information content (AvgIpc) is 2.90. The summed E-state index contributed by atoms with van der Waals surface area (Å²) in [4.78, 5) is 4.28. The molecule has 1 aromatic rings. The first-order valence-electron chi connectivity index (χ1n) is 8.19. The smallest absolute Gasteiger partial charge is 0.126 e. The van der Waals surface area contributed by atoms with Gasteiger partial charge in [-0.3, -0.25) is 4.99 Å². The van der Waals surface area contributed by atoms with Crippen LogP contribution in [0, 0.1) is 0 Å². The van der Waals surface area contributed by atoms with Crippen molar-refractivity contribution in [3.63, 3.8) is 0 Å². The van der Waals surface area contributed by atoms with Crippen LogP contribution in [0.1, 0.15) is 58.2 Å². The van der Waals surface area contributed by atoms with Gasteiger partial charge in [-0.15, -0.1) is 0 Å². The van der Waals surface area contributed by atoms with Crippen molar-refractivity contribution >= 4 is 5.84 Å². The summed E-state index contributed by atoms with van der Waals surface area (Å²) in [5.74, 6) is 1.27. The number of aliphatic imine (C=N–C) groups is 1. The van der Waals surface area contributed by atoms with Crippen LogP contribution < -0.4 is 16.2 Å². The molecule has 0 aromatic heterocycles. The monoisotopic (exact) mass is 318 g/mol. The van der Waals surface area contributed by atoms with Gasteiger partial charge in [0, 0.05) is 12.1 Å². The number of phenolic OH excluding ortho intramolecular Hbond substituents is 1. The summed E-state index contributed by atoms with van der Waals surface area (Å²) < 4.78 is 0. The molecule has 23 heavy (non-hydrogen) atoms. The zero-order chi connectivity index (χ0) is 17.3. The topological polar surface area (TPSA) is 68.7 Å². The molecule has 0 aliphatic carbocycles. The predicted octanol–water partition coefficient (Wildman–Crippen LogP) is 2.54. The first-order chi connectivity index (χ1) is 10.6. The number of rotatable bonds is 4. The quantitative estimate of drug-likeness (QED) is 0.689. The third-order valence-corrected chi connectivity index (χ3v) is 4.08. The Morgan fingerprint density at radius 3 is 2.30 bits per heavy atom. The van der Waals surface area contributed by atoms with Crippen LogP contribution in [0.5, 0.6) is 5.75 Å². The highest BCUT2D eigenvalue weighted by molar-refractivity contribution is 5.84. The lowest BCUT2D eigenvalue weighted by molar-refractivity contribution is 0.453. The van der Waals surface area contributed by atoms with E-state index in [9.17, 15) is 5.11 Å². The van der Waals surface area contributed by atoms with Gasteiger partial charge >= 0.3 is 0 Å². The van der Waals surface area contributed by atoms with E-state index in [0.29, 0.717) is 25.5 Å². The molecule has 0 amide bonds. The summed E-state index contributed by atoms with van der Waals surface area (Å²) in [7, 11) is 0. The molecule has 5 nitrogen and oxygen atoms in total. The number of hydrazine groups is 1. The lowest BCUT2D eigenvalue weighted by Gasteiger charge is -2.28. The second kappa shape index (κ2) is 6.49. The number of benzene rings is 1. The van der Waals surface area contributed by atoms with Crippen LogP contribution in [-0.4, -0.2) is 24.2 Å². The lowest BCUT2D eigenvalue weighted by atomic mass is 9.78. The van der Waals surface area contributed by atoms with Gasteiger partial charge < -0.3 is 15.8 Å². The van der Waals surface area contributed by atoms with E-state index in [2.05, 4.69) is 68.8 Å². The molecule has 4 N–H and O–H groups in total. The second-order valence-corrected chi connectivity index (χ2v) is 8.19. The van der Waals surface area contributed by atoms with E-state index in [0.717, 1.165) is 17.0 Å². The Morgan fingerprint density at radius 2 is 1.78 bits per heavy atom. The maximum Gasteiger partial charge on any atom is 0.126 e. The van der Waals surface area contributed by atoms with E-state index in [-0.39, 0.29) is 10.8 Å². The molecule has 0 saturated carbocycles. The van der Waals surface area contributed by atoms with Crippen LogP contribution in [0.4, 0.5) is 0 Å². The Bertz CT molecular complexity index is 594. The number of amidine groups is 1. The molecule has 0 spiro atoms. The Balaban J connectivity index is 2.26. The van der Waals surface area contributed by atoms with E-state index < -0.39 is 0 Å². The molecule has 0 bridgehead atoms. The van der Waals surface area contributed by atoms with Gasteiger partial charge in [0.25, 0.3) is 0 Å². The lowest BCUT2D eigenvalue weighted by Crippen LogP contribution is -2.36. The summed E-state index contributed by atoms with van der Waals surface area (Å²) in [6.07, 6.45) is 0. The third-order valence-electron chi connectivity index (χ3n) is 4.08. The SMILES string of the molecule is CC(C)(C)c1cc(O)c(CNCC2=NCNN2)c(C(C)(C)C)c1. The second-order valence-electron chi connectivity index (χ2n) is 8.19. The Hall–Kier alpha value is -1.59. The number of hydrogen-bond acceptors (Lipinski definition) is 5. The molecule has 2 rings (SSSR count). The number of aromatic hydroxyl groups is 1. The van der Waals surface area contributed by atoms with Crippen molar-refractivity contribution in [3.05, 3.63) is 28.8 Å². The summed E-state index contributed by atoms with van der Waals surface area (Å²) in [6, 6.07) is 4.14. The molecule has 5 heteroatoms. The average molecular weight is 318 g/mol. The normalized spacial score (nSPS) is 15.5. The van der Waals surface area contributed by atoms with Crippen molar-refractivity contribution in [1.82, 2.24) is 16.2 Å². The fraction of sp³-hybridized carbons (Fsp3) is 0.611. The van der Waals surface area contributed by atoms with Gasteiger partial charge in [-0.05, 0) is 28.0 Å². The van der Waals surface area contributed by atoms with Gasteiger partial charge in [-0.1, -0.05) is 47.6 Å². The Kier molecular flexibility index (Phi) is 5.01. The fourth-order valence-corrected chi connectivity index (χ4v) is 2.67. The van der Waals surface area contributed by atoms with Crippen molar-refractivity contribution in [1.29, 1.82) is 0 Å². The molecule has 0 saturated heterocycles. The largest absolute Gasteiger partial charge is 0.508 e. The van der Waals surface area contributed by atoms with Crippen LogP contribution in [0.2, 0.25) is 0 Å². The zero-order valence-electron chi connectivity index (χ0n) is 15.2. The van der Waals surface area contributed by atoms with E-state index >= 15 is 0 Å². The first-order valence-corrected chi connectivity index (χ1v) is 8.19. The molecule has 128 valence electrons. The minimum Gasteiger partial charge on any atom is -0.508 e. The van der Waals surface area contributed by atoms with Crippen molar-refractivity contribution in [3.8, 4) is 5.75 Å². The molecule has 1 aliphatic rings. The van der Waals surface area contributed by atoms with Gasteiger partial charge in [0.1, 0.15) is 18.3 Å². The molecule has 0 unspecified atom stereocenters. The number of nitrogens with zero attached hydrogens (tertiary/aromatic N) is 1. The highest BCUT2D eigenvalue weighted by atomic mass is 16.3. The number of nitrogens with one attached hydrogen (secondary N) is 3. The molecule has 0 radical (unpaired) electrons. The van der Waals surface area contributed by atoms with E-state index in [1.807, 2.05) is 6.07 Å². The Morgan fingerprint density at radius 1 is 1.09 bits per heavy atom. The zero-order valence-corrected chi connectivity index (χ0v) is 15.2. The fourth-order valence-electron chi connectivity index (χ4n) is 2.67. The van der Waals surface area contributed by atoms with Gasteiger partial charge in [0.2, 0.25) is 0 Å². The van der Waals surface area contributed by atoms with Crippen LogP contribution in [0.15, 0.2) is 17.1 Å². The summed E-state index contributed by atoms with van der Waals surface area (Å²) >= 11 is 0. The maximum atomic E-state index is 10.6. The molecule has 1 heterocycles. The van der Waals surface area contributed by atoms with Crippen LogP contribution >= 0.6 is 0 Å². The number of hydrogen-bond donors (Lipinski definition) is 4. The molecular formula is C18H30N4O. The molecular weight excluding hydrogens is 288 g/mol. The van der Waals surface area contributed by atoms with Crippen LogP contribution in [0.25, 0.3) is 0 Å². The summed E-state index contributed by atoms with van der Waals surface area (Å²) in [5.41, 5.74) is 9.26. The molecule has 1 aliphatic heterocycles. The predicted molar refractivity (Wildman–Crippen MR) is 95.8 cm³/mol. The summed E-state index contributed by atoms with van der Waals surface area (Å²) in [5, 5.41) is 14.0. The standard InChI is InChI=1S/C18H30N4O/c1-17(2,3)12-7-14(18(4,5)6)13(15(23)8-12)9-19-10-16-20-11-21-22-16/h7-8,19,21,23H,9-11H2,1-6H3,(H,20,22). The summed E-state index contributed by atoms with van der Waals surface area (Å²) in [6.45, 7) is 14.9. The van der Waals surface area contributed by atoms with Crippen LogP contribution in [-0.2, 0) is 17.4 Å². The van der Waals surface area contributed by atoms with Gasteiger partial charge in [0.15, 0.2) is 0 Å². The van der Waals surface area contributed by atoms with Gasteiger partial charge in [0.05, 0.1) is 6.54 Å². The molecule has 0 atom stereocenters. The number of phenols is 1. The maximum absolute atomic E-state index is 10.6. The van der Waals surface area contributed by atoms with Crippen LogP contribution in [0.3, 0.4) is 0 Å². The van der Waals surface area contributed by atoms with Gasteiger partial charge in [-0.2, -0.15) is 0 Å². The van der Waals surface area contributed by atoms with Crippen molar-refractivity contribution in [2.75, 3.05) is 13.2 Å². The highest BCUT2D eigenvalue weighted by Gasteiger charge is 2.24. The minimum atomic E-state index is -0.0273. The Labute approximate surface area is 139 Å². The van der Waals surface area contributed by atoms with E-state index in [1.165, 1.54) is 5.56 Å². The third kappa shape index (κ3) is 4.45. The first kappa shape index (κ1) is 17.8. The minimum absolute atomic E-state index is 0.0115. The van der Waals surface area contributed by atoms with E-state index in [4.69, 9.17) is 0 Å². The van der Waals surface area contributed by atoms with Gasteiger partial charge in [-0.25, -0.2) is 5.43 Å². The van der Waals surface area contributed by atoms with E-state index in [1.54, 1.807) is 0 Å². The molecule has 0 fully saturated rings. The van der Waals surface area contributed by atoms with Crippen molar-refractivity contribution in [2.45, 2.75) is 58.9 Å². The van der Waals surface area contributed by atoms with Crippen molar-refractivity contribution < 1.29 is 5.11 Å². The molecule has 1 aromatic carbocycles. The van der Waals surface area contributed by atoms with Crippen molar-refractivity contribution in [2.24, 2.45) is 4.99 Å².